The van der Waals surface area contributed by atoms with Crippen LogP contribution < -0.4 is 0 Å². The highest BCUT2D eigenvalue weighted by Gasteiger charge is 2.22. The second kappa shape index (κ2) is 6.04. The molecule has 122 valence electrons. The predicted molar refractivity (Wildman–Crippen MR) is 98.9 cm³/mol. The first-order chi connectivity index (χ1) is 11.6. The summed E-state index contributed by atoms with van der Waals surface area (Å²) in [5, 5.41) is 2.03. The monoisotopic (exact) mass is 338 g/mol. The van der Waals surface area contributed by atoms with Crippen molar-refractivity contribution < 1.29 is 0 Å². The number of hydrogen-bond acceptors (Lipinski definition) is 3. The normalized spacial score (nSPS) is 15.7. The summed E-state index contributed by atoms with van der Waals surface area (Å²) in [5.41, 5.74) is 5.94. The Morgan fingerprint density at radius 1 is 1.29 bits per heavy atom. The number of likely N-dealkylation sites (N-methyl/N-ethyl adjacent to an activating group) is 1. The van der Waals surface area contributed by atoms with Crippen LogP contribution in [0.25, 0.3) is 22.7 Å². The van der Waals surface area contributed by atoms with Crippen LogP contribution >= 0.6 is 11.6 Å². The maximum Gasteiger partial charge on any atom is 0.0856 e. The highest BCUT2D eigenvalue weighted by Crippen LogP contribution is 2.33. The van der Waals surface area contributed by atoms with Crippen molar-refractivity contribution in [2.45, 2.75) is 19.9 Å². The third-order valence-corrected chi connectivity index (χ3v) is 4.87. The van der Waals surface area contributed by atoms with Crippen molar-refractivity contribution in [2.24, 2.45) is 0 Å². The van der Waals surface area contributed by atoms with Crippen LogP contribution in [-0.4, -0.2) is 33.0 Å². The lowest BCUT2D eigenvalue weighted by atomic mass is 10.1. The number of benzene rings is 1. The van der Waals surface area contributed by atoms with Gasteiger partial charge in [-0.25, -0.2) is 0 Å². The van der Waals surface area contributed by atoms with Gasteiger partial charge >= 0.3 is 0 Å². The molecule has 1 aromatic carbocycles. The number of hydrogen-bond donors (Lipinski definition) is 0. The molecule has 0 atom stereocenters. The molecule has 0 aliphatic carbocycles. The fourth-order valence-electron chi connectivity index (χ4n) is 3.41. The molecular weight excluding hydrogens is 320 g/mol. The largest absolute Gasteiger partial charge is 0.320 e. The van der Waals surface area contributed by atoms with Crippen LogP contribution in [0.4, 0.5) is 0 Å². The van der Waals surface area contributed by atoms with Crippen molar-refractivity contribution in [1.82, 2.24) is 19.4 Å². The minimum atomic E-state index is 0.783. The van der Waals surface area contributed by atoms with Crippen molar-refractivity contribution >= 4 is 34.3 Å². The first-order valence-corrected chi connectivity index (χ1v) is 8.46. The quantitative estimate of drug-likeness (QED) is 0.705. The van der Waals surface area contributed by atoms with Gasteiger partial charge in [-0.15, -0.1) is 0 Å². The molecule has 4 rings (SSSR count). The number of halogens is 1. The summed E-state index contributed by atoms with van der Waals surface area (Å²) in [4.78, 5) is 10.9. The standard InChI is InChI=1S/C19H19ClN4/c1-13(17-10-21-6-7-22-17)11-24-18-4-3-14(20)9-15(18)16-12-23(2)8-5-19(16)24/h3-4,6-7,9-11H,5,8,12H2,1-2H3/b13-11-. The molecule has 2 aromatic heterocycles. The fraction of sp³-hybridized carbons (Fsp3) is 0.263. The second-order valence-corrected chi connectivity index (χ2v) is 6.78. The Morgan fingerprint density at radius 3 is 2.96 bits per heavy atom. The molecule has 0 saturated carbocycles. The van der Waals surface area contributed by atoms with E-state index >= 15 is 0 Å². The highest BCUT2D eigenvalue weighted by atomic mass is 35.5. The molecule has 4 nitrogen and oxygen atoms in total. The average molecular weight is 339 g/mol. The van der Waals surface area contributed by atoms with Gasteiger partial charge in [-0.2, -0.15) is 0 Å². The molecule has 0 unspecified atom stereocenters. The zero-order valence-corrected chi connectivity index (χ0v) is 14.6. The van der Waals surface area contributed by atoms with Gasteiger partial charge in [0.15, 0.2) is 0 Å². The number of aromatic nitrogens is 3. The Labute approximate surface area is 146 Å². The Kier molecular flexibility index (Phi) is 3.87. The first-order valence-electron chi connectivity index (χ1n) is 8.08. The van der Waals surface area contributed by atoms with E-state index in [2.05, 4.69) is 51.7 Å². The van der Waals surface area contributed by atoms with Gasteiger partial charge in [0.05, 0.1) is 17.4 Å². The molecule has 0 amide bonds. The van der Waals surface area contributed by atoms with Crippen molar-refractivity contribution in [1.29, 1.82) is 0 Å². The Balaban J connectivity index is 1.92. The molecule has 0 bridgehead atoms. The number of fused-ring (bicyclic) bond motifs is 3. The molecule has 3 aromatic rings. The molecule has 0 fully saturated rings. The SMILES string of the molecule is C/C(=C/n1c2c(c3cc(Cl)ccc31)CN(C)CC2)c1cnccn1. The van der Waals surface area contributed by atoms with E-state index in [1.54, 1.807) is 18.6 Å². The molecule has 1 aliphatic rings. The number of rotatable bonds is 2. The maximum atomic E-state index is 6.25. The molecule has 0 radical (unpaired) electrons. The predicted octanol–water partition coefficient (Wildman–Crippen LogP) is 4.09. The summed E-state index contributed by atoms with van der Waals surface area (Å²) >= 11 is 6.25. The summed E-state index contributed by atoms with van der Waals surface area (Å²) < 4.78 is 2.30. The molecule has 1 aliphatic heterocycles. The van der Waals surface area contributed by atoms with E-state index in [1.165, 1.54) is 22.2 Å². The molecule has 0 spiro atoms. The Bertz CT molecular complexity index is 927. The topological polar surface area (TPSA) is 34.0 Å². The van der Waals surface area contributed by atoms with Crippen LogP contribution in [0, 0.1) is 0 Å². The lowest BCUT2D eigenvalue weighted by Crippen LogP contribution is -2.26. The van der Waals surface area contributed by atoms with E-state index in [0.717, 1.165) is 35.8 Å². The van der Waals surface area contributed by atoms with E-state index in [9.17, 15) is 0 Å². The van der Waals surface area contributed by atoms with E-state index in [0.29, 0.717) is 0 Å². The van der Waals surface area contributed by atoms with Gasteiger partial charge in [0.1, 0.15) is 0 Å². The van der Waals surface area contributed by atoms with Crippen molar-refractivity contribution in [3.63, 3.8) is 0 Å². The summed E-state index contributed by atoms with van der Waals surface area (Å²) in [6, 6.07) is 6.15. The molecule has 0 N–H and O–H groups in total. The van der Waals surface area contributed by atoms with Gasteiger partial charge in [0.2, 0.25) is 0 Å². The van der Waals surface area contributed by atoms with Crippen LogP contribution in [0.15, 0.2) is 36.8 Å². The van der Waals surface area contributed by atoms with Crippen LogP contribution in [0.5, 0.6) is 0 Å². The smallest absolute Gasteiger partial charge is 0.0856 e. The average Bonchev–Trinajstić information content (AvgIpc) is 2.88. The van der Waals surface area contributed by atoms with Crippen LogP contribution in [0.3, 0.4) is 0 Å². The zero-order chi connectivity index (χ0) is 16.7. The highest BCUT2D eigenvalue weighted by molar-refractivity contribution is 6.31. The van der Waals surface area contributed by atoms with Crippen molar-refractivity contribution in [2.75, 3.05) is 13.6 Å². The lowest BCUT2D eigenvalue weighted by molar-refractivity contribution is 0.312. The maximum absolute atomic E-state index is 6.25. The van der Waals surface area contributed by atoms with Crippen LogP contribution in [0.2, 0.25) is 5.02 Å². The van der Waals surface area contributed by atoms with Gasteiger partial charge in [-0.3, -0.25) is 9.97 Å². The minimum Gasteiger partial charge on any atom is -0.320 e. The van der Waals surface area contributed by atoms with E-state index in [4.69, 9.17) is 11.6 Å². The fourth-order valence-corrected chi connectivity index (χ4v) is 3.58. The number of allylic oxidation sites excluding steroid dienone is 1. The van der Waals surface area contributed by atoms with Gasteiger partial charge in [0, 0.05) is 54.2 Å². The van der Waals surface area contributed by atoms with E-state index in [1.807, 2.05) is 6.07 Å². The Hall–Kier alpha value is -2.17. The second-order valence-electron chi connectivity index (χ2n) is 6.35. The van der Waals surface area contributed by atoms with Gasteiger partial charge in [-0.05, 0) is 43.3 Å². The molecule has 5 heteroatoms. The number of nitrogens with zero attached hydrogens (tertiary/aromatic N) is 4. The summed E-state index contributed by atoms with van der Waals surface area (Å²) in [6.45, 7) is 4.10. The first kappa shape index (κ1) is 15.4. The van der Waals surface area contributed by atoms with E-state index < -0.39 is 0 Å². The minimum absolute atomic E-state index is 0.783. The van der Waals surface area contributed by atoms with Crippen molar-refractivity contribution in [3.8, 4) is 0 Å². The van der Waals surface area contributed by atoms with Crippen molar-refractivity contribution in [3.05, 3.63) is 58.8 Å². The summed E-state index contributed by atoms with van der Waals surface area (Å²) in [7, 11) is 2.16. The Morgan fingerprint density at radius 2 is 2.17 bits per heavy atom. The summed E-state index contributed by atoms with van der Waals surface area (Å²) in [6.07, 6.45) is 8.42. The summed E-state index contributed by atoms with van der Waals surface area (Å²) in [5.74, 6) is 0. The van der Waals surface area contributed by atoms with Gasteiger partial charge in [-0.1, -0.05) is 11.6 Å². The third-order valence-electron chi connectivity index (χ3n) is 4.63. The molecule has 0 saturated heterocycles. The third kappa shape index (κ3) is 2.62. The molecular formula is C19H19ClN4. The zero-order valence-electron chi connectivity index (χ0n) is 13.8. The lowest BCUT2D eigenvalue weighted by Gasteiger charge is -2.23. The van der Waals surface area contributed by atoms with Crippen LogP contribution in [-0.2, 0) is 13.0 Å². The molecule has 3 heterocycles. The van der Waals surface area contributed by atoms with Crippen LogP contribution in [0.1, 0.15) is 23.9 Å². The molecule has 24 heavy (non-hydrogen) atoms. The van der Waals surface area contributed by atoms with Gasteiger partial charge < -0.3 is 9.47 Å². The van der Waals surface area contributed by atoms with E-state index in [-0.39, 0.29) is 0 Å². The van der Waals surface area contributed by atoms with Gasteiger partial charge in [0.25, 0.3) is 0 Å².